The van der Waals surface area contributed by atoms with Gasteiger partial charge in [0.1, 0.15) is 5.01 Å². The first-order valence-electron chi connectivity index (χ1n) is 14.2. The molecule has 0 radical (unpaired) electrons. The number of rotatable bonds is 8. The number of thiazole rings is 1. The predicted octanol–water partition coefficient (Wildman–Crippen LogP) is 5.51. The van der Waals surface area contributed by atoms with Crippen molar-refractivity contribution in [1.29, 1.82) is 0 Å². The molecule has 1 atom stereocenters. The summed E-state index contributed by atoms with van der Waals surface area (Å²) in [4.78, 5) is 27.8. The van der Waals surface area contributed by atoms with Crippen molar-refractivity contribution in [2.45, 2.75) is 83.0 Å². The van der Waals surface area contributed by atoms with Crippen LogP contribution in [0.3, 0.4) is 0 Å². The molecule has 0 unspecified atom stereocenters. The summed E-state index contributed by atoms with van der Waals surface area (Å²) in [6.07, 6.45) is 4.25. The number of hydrogen-bond donors (Lipinski definition) is 5. The van der Waals surface area contributed by atoms with Crippen LogP contribution in [0.15, 0.2) is 59.6 Å². The number of hydrogen-bond acceptors (Lipinski definition) is 8. The molecule has 11 nitrogen and oxygen atoms in total. The van der Waals surface area contributed by atoms with Crippen LogP contribution in [-0.2, 0) is 21.3 Å². The molecule has 1 fully saturated rings. The molecule has 0 aliphatic carbocycles. The maximum atomic E-state index is 13.4. The van der Waals surface area contributed by atoms with Gasteiger partial charge in [-0.15, -0.1) is 11.3 Å². The van der Waals surface area contributed by atoms with Crippen molar-refractivity contribution in [1.82, 2.24) is 20.3 Å². The van der Waals surface area contributed by atoms with Gasteiger partial charge in [0.05, 0.1) is 21.9 Å². The summed E-state index contributed by atoms with van der Waals surface area (Å²) in [5.41, 5.74) is 5.87. The summed E-state index contributed by atoms with van der Waals surface area (Å²) < 4.78 is 34.0. The molecule has 3 amide bonds. The highest BCUT2D eigenvalue weighted by molar-refractivity contribution is 7.89. The molecule has 234 valence electrons. The average molecular weight is 631 g/mol. The van der Waals surface area contributed by atoms with Crippen LogP contribution in [0.4, 0.5) is 15.3 Å². The number of nitrogens with zero attached hydrogens (tertiary/aromatic N) is 1. The molecule has 1 aliphatic rings. The summed E-state index contributed by atoms with van der Waals surface area (Å²) >= 11 is 1.50. The van der Waals surface area contributed by atoms with Gasteiger partial charge in [-0.2, -0.15) is 0 Å². The van der Waals surface area contributed by atoms with E-state index < -0.39 is 27.7 Å². The zero-order valence-corrected chi connectivity index (χ0v) is 26.9. The van der Waals surface area contributed by atoms with Crippen LogP contribution in [0, 0.1) is 0 Å². The van der Waals surface area contributed by atoms with Gasteiger partial charge in [0.15, 0.2) is 0 Å². The second-order valence-electron chi connectivity index (χ2n) is 11.4. The molecule has 3 aromatic rings. The van der Waals surface area contributed by atoms with Crippen LogP contribution in [0.5, 0.6) is 0 Å². The summed E-state index contributed by atoms with van der Waals surface area (Å²) in [6, 6.07) is 14.3. The van der Waals surface area contributed by atoms with Gasteiger partial charge in [0, 0.05) is 29.5 Å². The molecule has 0 bridgehead atoms. The van der Waals surface area contributed by atoms with Crippen molar-refractivity contribution >= 4 is 39.2 Å². The number of ether oxygens (including phenoxy) is 1. The van der Waals surface area contributed by atoms with Gasteiger partial charge >= 0.3 is 12.1 Å². The number of primary amides is 1. The standard InChI is InChI=1S/C26H33N5O3S2.C4H9NO2/c1-26(2,3)31-36(33,34)23-15-19(30-25(32)29-16-18-9-5-4-6-10-18)12-13-20(23)22-17-28-24(35-22)21-11-7-8-14-27-21;1-3(2)7-4(5)6/h4-6,9-10,12-13,15,17,21,27,31H,7-8,11,14,16H2,1-3H3,(H2,29,30,32);3H,1-2H3,(H2,5,6)/t21-;/m0./s1. The van der Waals surface area contributed by atoms with E-state index in [9.17, 15) is 18.0 Å². The Hall–Kier alpha value is -3.52. The van der Waals surface area contributed by atoms with E-state index in [1.54, 1.807) is 52.9 Å². The maximum absolute atomic E-state index is 13.4. The number of carbonyl (C=O) groups excluding carboxylic acids is 2. The Morgan fingerprint density at radius 3 is 2.44 bits per heavy atom. The molecule has 1 aliphatic heterocycles. The molecule has 2 heterocycles. The van der Waals surface area contributed by atoms with Crippen molar-refractivity contribution in [2.24, 2.45) is 5.73 Å². The van der Waals surface area contributed by atoms with Crippen LogP contribution in [0.25, 0.3) is 10.4 Å². The van der Waals surface area contributed by atoms with E-state index in [0.717, 1.165) is 41.3 Å². The minimum absolute atomic E-state index is 0.0995. The number of nitrogens with one attached hydrogen (secondary N) is 4. The molecule has 4 rings (SSSR count). The Labute approximate surface area is 258 Å². The Morgan fingerprint density at radius 2 is 1.86 bits per heavy atom. The fraction of sp³-hybridized carbons (Fsp3) is 0.433. The molecular weight excluding hydrogens is 589 g/mol. The van der Waals surface area contributed by atoms with Gasteiger partial charge in [-0.25, -0.2) is 27.7 Å². The normalized spacial score (nSPS) is 15.3. The van der Waals surface area contributed by atoms with E-state index >= 15 is 0 Å². The van der Waals surface area contributed by atoms with E-state index in [2.05, 4.69) is 36.1 Å². The third kappa shape index (κ3) is 11.2. The third-order valence-electron chi connectivity index (χ3n) is 6.01. The lowest BCUT2D eigenvalue weighted by Gasteiger charge is -2.22. The molecule has 1 aromatic heterocycles. The van der Waals surface area contributed by atoms with Gasteiger partial charge in [0.25, 0.3) is 0 Å². The fourth-order valence-electron chi connectivity index (χ4n) is 4.31. The largest absolute Gasteiger partial charge is 0.447 e. The number of nitrogens with two attached hydrogens (primary N) is 1. The summed E-state index contributed by atoms with van der Waals surface area (Å²) in [6.45, 7) is 10.2. The Kier molecular flexibility index (Phi) is 12.1. The lowest BCUT2D eigenvalue weighted by atomic mass is 10.1. The number of urea groups is 1. The Bertz CT molecular complexity index is 1460. The molecule has 0 saturated carbocycles. The molecule has 6 N–H and O–H groups in total. The highest BCUT2D eigenvalue weighted by Crippen LogP contribution is 2.37. The first kappa shape index (κ1) is 34.0. The first-order chi connectivity index (χ1) is 20.2. The summed E-state index contributed by atoms with van der Waals surface area (Å²) in [5.74, 6) is 0. The monoisotopic (exact) mass is 630 g/mol. The van der Waals surface area contributed by atoms with Crippen LogP contribution in [0.2, 0.25) is 0 Å². The highest BCUT2D eigenvalue weighted by atomic mass is 32.2. The number of piperidine rings is 1. The van der Waals surface area contributed by atoms with E-state index in [0.29, 0.717) is 17.8 Å². The predicted molar refractivity (Wildman–Crippen MR) is 170 cm³/mol. The van der Waals surface area contributed by atoms with Gasteiger partial charge in [-0.05, 0) is 71.7 Å². The van der Waals surface area contributed by atoms with E-state index in [-0.39, 0.29) is 17.0 Å². The van der Waals surface area contributed by atoms with E-state index in [1.165, 1.54) is 17.4 Å². The number of aromatic nitrogens is 1. The summed E-state index contributed by atoms with van der Waals surface area (Å²) in [5, 5.41) is 10.0. The van der Waals surface area contributed by atoms with Crippen molar-refractivity contribution in [3.63, 3.8) is 0 Å². The van der Waals surface area contributed by atoms with Crippen LogP contribution in [-0.4, -0.2) is 43.7 Å². The topological polar surface area (TPSA) is 165 Å². The zero-order valence-electron chi connectivity index (χ0n) is 25.3. The smallest absolute Gasteiger partial charge is 0.404 e. The van der Waals surface area contributed by atoms with Crippen LogP contribution < -0.4 is 26.4 Å². The first-order valence-corrected chi connectivity index (χ1v) is 16.5. The maximum Gasteiger partial charge on any atom is 0.404 e. The van der Waals surface area contributed by atoms with Crippen molar-refractivity contribution in [3.05, 3.63) is 65.3 Å². The van der Waals surface area contributed by atoms with Gasteiger partial charge in [-0.3, -0.25) is 0 Å². The average Bonchev–Trinajstić information content (AvgIpc) is 3.42. The molecular formula is C30H42N6O5S2. The molecule has 43 heavy (non-hydrogen) atoms. The van der Waals surface area contributed by atoms with Crippen molar-refractivity contribution in [3.8, 4) is 10.4 Å². The Morgan fingerprint density at radius 1 is 1.14 bits per heavy atom. The fourth-order valence-corrected chi connectivity index (χ4v) is 7.10. The third-order valence-corrected chi connectivity index (χ3v) is 8.96. The molecule has 0 spiro atoms. The van der Waals surface area contributed by atoms with E-state index in [4.69, 9.17) is 0 Å². The van der Waals surface area contributed by atoms with Gasteiger partial charge in [-0.1, -0.05) is 42.8 Å². The molecule has 1 saturated heterocycles. The Balaban J connectivity index is 0.000000646. The number of sulfonamides is 1. The van der Waals surface area contributed by atoms with Crippen LogP contribution in [0.1, 0.15) is 70.5 Å². The van der Waals surface area contributed by atoms with Crippen LogP contribution >= 0.6 is 11.3 Å². The van der Waals surface area contributed by atoms with Gasteiger partial charge < -0.3 is 26.4 Å². The molecule has 2 aromatic carbocycles. The minimum Gasteiger partial charge on any atom is -0.447 e. The highest BCUT2D eigenvalue weighted by Gasteiger charge is 2.27. The number of benzene rings is 2. The van der Waals surface area contributed by atoms with Gasteiger partial charge in [0.2, 0.25) is 10.0 Å². The molecule has 13 heteroatoms. The van der Waals surface area contributed by atoms with Crippen molar-refractivity contribution < 1.29 is 22.7 Å². The second-order valence-corrected chi connectivity index (χ2v) is 14.1. The van der Waals surface area contributed by atoms with Crippen molar-refractivity contribution in [2.75, 3.05) is 11.9 Å². The second kappa shape index (κ2) is 15.3. The SMILES string of the molecule is CC(C)(C)NS(=O)(=O)c1cc(NC(=O)NCc2ccccc2)ccc1-c1cnc([C@@H]2CCCCN2)s1.CC(C)OC(N)=O. The lowest BCUT2D eigenvalue weighted by molar-refractivity contribution is 0.125. The van der Waals surface area contributed by atoms with E-state index in [1.807, 2.05) is 30.3 Å². The zero-order chi connectivity index (χ0) is 31.6. The minimum atomic E-state index is -3.88. The number of amides is 3. The summed E-state index contributed by atoms with van der Waals surface area (Å²) in [7, 11) is -3.88. The quantitative estimate of drug-likeness (QED) is 0.219. The number of carbonyl (C=O) groups is 2. The number of anilines is 1. The lowest BCUT2D eigenvalue weighted by Crippen LogP contribution is -2.40.